The van der Waals surface area contributed by atoms with Crippen LogP contribution in [-0.2, 0) is 46.9 Å². The number of ketones is 2. The molecule has 0 radical (unpaired) electrons. The maximum atomic E-state index is 11.8. The van der Waals surface area contributed by atoms with E-state index in [9.17, 15) is 35.5 Å². The van der Waals surface area contributed by atoms with Gasteiger partial charge in [-0.2, -0.15) is 0 Å². The van der Waals surface area contributed by atoms with E-state index in [2.05, 4.69) is 0 Å². The zero-order valence-corrected chi connectivity index (χ0v) is 21.0. The van der Waals surface area contributed by atoms with Gasteiger partial charge in [0, 0.05) is 23.7 Å². The van der Waals surface area contributed by atoms with E-state index in [-0.39, 0.29) is 51.3 Å². The van der Waals surface area contributed by atoms with Crippen LogP contribution in [0.5, 0.6) is 0 Å². The molecule has 0 aromatic carbocycles. The summed E-state index contributed by atoms with van der Waals surface area (Å²) >= 11 is 0. The van der Waals surface area contributed by atoms with Crippen LogP contribution < -0.4 is 0 Å². The Balaban J connectivity index is 0.000000213. The molecule has 11 heteroatoms. The van der Waals surface area contributed by atoms with Crippen molar-refractivity contribution in [3.63, 3.8) is 0 Å². The summed E-state index contributed by atoms with van der Waals surface area (Å²) in [5.41, 5.74) is -2.44. The standard InChI is InChI=1S/2C10H16O4S.Fe/c2*1-9(2)7-3-4-10(9,8(11)5-7)6-15(12,13)14;/h2*7H,3-6H2,1-2H3,(H,12,13,14);/q;;+2/p-2. The van der Waals surface area contributed by atoms with Gasteiger partial charge in [-0.05, 0) is 48.3 Å². The van der Waals surface area contributed by atoms with E-state index in [1.807, 2.05) is 27.7 Å². The Hall–Kier alpha value is -0.321. The second-order valence-corrected chi connectivity index (χ2v) is 13.5. The fourth-order valence-corrected chi connectivity index (χ4v) is 9.38. The van der Waals surface area contributed by atoms with Crippen molar-refractivity contribution >= 4 is 31.8 Å². The summed E-state index contributed by atoms with van der Waals surface area (Å²) < 4.78 is 65.4. The first-order valence-corrected chi connectivity index (χ1v) is 13.5. The van der Waals surface area contributed by atoms with Crippen molar-refractivity contribution in [1.29, 1.82) is 0 Å². The molecule has 8 nitrogen and oxygen atoms in total. The van der Waals surface area contributed by atoms with Crippen molar-refractivity contribution in [2.75, 3.05) is 11.5 Å². The maximum Gasteiger partial charge on any atom is 2.00 e. The largest absolute Gasteiger partial charge is 2.00 e. The fourth-order valence-electron chi connectivity index (χ4n) is 6.82. The van der Waals surface area contributed by atoms with Crippen LogP contribution in [0.25, 0.3) is 0 Å². The number of fused-ring (bicyclic) bond motifs is 4. The van der Waals surface area contributed by atoms with E-state index in [4.69, 9.17) is 0 Å². The summed E-state index contributed by atoms with van der Waals surface area (Å²) in [7, 11) is -8.65. The Labute approximate surface area is 195 Å². The molecule has 0 amide bonds. The quantitative estimate of drug-likeness (QED) is 0.404. The van der Waals surface area contributed by atoms with Gasteiger partial charge >= 0.3 is 17.1 Å². The van der Waals surface area contributed by atoms with Crippen LogP contribution >= 0.6 is 0 Å². The number of Topliss-reactive ketones (excluding diaryl/α,β-unsaturated/α-hetero) is 2. The average Bonchev–Trinajstić information content (AvgIpc) is 3.05. The molecular formula is C20H30FeO8S2. The molecule has 4 atom stereocenters. The van der Waals surface area contributed by atoms with Gasteiger partial charge in [0.2, 0.25) is 0 Å². The first-order valence-electron chi connectivity index (χ1n) is 10.3. The smallest absolute Gasteiger partial charge is 0.748 e. The molecule has 0 aliphatic heterocycles. The fraction of sp³-hybridized carbons (Fsp3) is 0.900. The zero-order chi connectivity index (χ0) is 23.0. The average molecular weight is 518 g/mol. The van der Waals surface area contributed by atoms with Crippen molar-refractivity contribution in [2.45, 2.75) is 66.2 Å². The first-order chi connectivity index (χ1) is 13.4. The van der Waals surface area contributed by atoms with Crippen LogP contribution in [0.15, 0.2) is 0 Å². The molecule has 0 N–H and O–H groups in total. The van der Waals surface area contributed by atoms with Crippen molar-refractivity contribution < 1.29 is 52.6 Å². The zero-order valence-electron chi connectivity index (χ0n) is 18.2. The molecule has 4 bridgehead atoms. The Kier molecular flexibility index (Phi) is 6.84. The maximum absolute atomic E-state index is 11.8. The summed E-state index contributed by atoms with van der Waals surface area (Å²) in [6, 6.07) is 0. The van der Waals surface area contributed by atoms with Gasteiger partial charge in [0.05, 0.1) is 31.7 Å². The molecule has 0 spiro atoms. The van der Waals surface area contributed by atoms with Gasteiger partial charge in [-0.25, -0.2) is 16.8 Å². The predicted octanol–water partition coefficient (Wildman–Crippen LogP) is 1.85. The molecule has 4 aliphatic rings. The molecule has 178 valence electrons. The van der Waals surface area contributed by atoms with E-state index < -0.39 is 42.6 Å². The summed E-state index contributed by atoms with van der Waals surface area (Å²) in [5.74, 6) is -0.560. The van der Waals surface area contributed by atoms with Gasteiger partial charge in [-0.1, -0.05) is 27.7 Å². The van der Waals surface area contributed by atoms with Gasteiger partial charge in [0.25, 0.3) is 0 Å². The minimum absolute atomic E-state index is 0. The predicted molar refractivity (Wildman–Crippen MR) is 106 cm³/mol. The Morgan fingerprint density at radius 3 is 1.19 bits per heavy atom. The molecular weight excluding hydrogens is 488 g/mol. The summed E-state index contributed by atoms with van der Waals surface area (Å²) in [5, 5.41) is 0. The van der Waals surface area contributed by atoms with Crippen molar-refractivity contribution in [3.05, 3.63) is 0 Å². The van der Waals surface area contributed by atoms with Gasteiger partial charge in [0.1, 0.15) is 11.6 Å². The molecule has 4 unspecified atom stereocenters. The Bertz CT molecular complexity index is 905. The number of rotatable bonds is 4. The molecule has 0 aromatic heterocycles. The van der Waals surface area contributed by atoms with Crippen LogP contribution in [0.3, 0.4) is 0 Å². The second-order valence-electron chi connectivity index (χ2n) is 10.7. The number of hydrogen-bond acceptors (Lipinski definition) is 8. The van der Waals surface area contributed by atoms with Crippen LogP contribution in [0.2, 0.25) is 0 Å². The first kappa shape index (κ1) is 26.9. The van der Waals surface area contributed by atoms with Crippen molar-refractivity contribution in [3.8, 4) is 0 Å². The van der Waals surface area contributed by atoms with Crippen molar-refractivity contribution in [1.82, 2.24) is 0 Å². The molecule has 4 fully saturated rings. The Morgan fingerprint density at radius 1 is 0.742 bits per heavy atom. The van der Waals surface area contributed by atoms with E-state index in [1.165, 1.54) is 0 Å². The van der Waals surface area contributed by atoms with Gasteiger partial charge in [0.15, 0.2) is 0 Å². The van der Waals surface area contributed by atoms with E-state index in [0.29, 0.717) is 25.7 Å². The molecule has 0 heterocycles. The van der Waals surface area contributed by atoms with Crippen LogP contribution in [-0.4, -0.2) is 49.0 Å². The van der Waals surface area contributed by atoms with Crippen LogP contribution in [0.1, 0.15) is 66.2 Å². The van der Waals surface area contributed by atoms with Crippen LogP contribution in [0.4, 0.5) is 0 Å². The monoisotopic (exact) mass is 518 g/mol. The van der Waals surface area contributed by atoms with Gasteiger partial charge in [-0.15, -0.1) is 0 Å². The van der Waals surface area contributed by atoms with Gasteiger partial charge in [-0.3, -0.25) is 9.59 Å². The molecule has 4 rings (SSSR count). The summed E-state index contributed by atoms with van der Waals surface area (Å²) in [6.07, 6.45) is 3.75. The van der Waals surface area contributed by atoms with Crippen LogP contribution in [0, 0.1) is 33.5 Å². The normalized spacial score (nSPS) is 37.4. The second kappa shape index (κ2) is 7.87. The number of hydrogen-bond donors (Lipinski definition) is 0. The molecule has 0 aromatic rings. The topological polar surface area (TPSA) is 149 Å². The molecule has 4 saturated carbocycles. The Morgan fingerprint density at radius 2 is 1.03 bits per heavy atom. The number of carbonyl (C=O) groups is 2. The molecule has 31 heavy (non-hydrogen) atoms. The van der Waals surface area contributed by atoms with E-state index in [1.54, 1.807) is 0 Å². The SMILES string of the molecule is CC1(C)C2CCC1(CS(=O)(=O)[O-])C(=O)C2.CC1(C)C2CCC1(CS(=O)(=O)[O-])C(=O)C2.[Fe+2]. The third-order valence-corrected chi connectivity index (χ3v) is 10.8. The minimum atomic E-state index is -4.33. The number of carbonyl (C=O) groups excluding carboxylic acids is 2. The third kappa shape index (κ3) is 4.19. The third-order valence-electron chi connectivity index (χ3n) is 9.12. The molecule has 0 saturated heterocycles. The minimum Gasteiger partial charge on any atom is -0.748 e. The summed E-state index contributed by atoms with van der Waals surface area (Å²) in [4.78, 5) is 23.7. The van der Waals surface area contributed by atoms with Crippen molar-refractivity contribution in [2.24, 2.45) is 33.5 Å². The van der Waals surface area contributed by atoms with E-state index >= 15 is 0 Å². The molecule has 4 aliphatic carbocycles. The summed E-state index contributed by atoms with van der Waals surface area (Å²) in [6.45, 7) is 7.67. The van der Waals surface area contributed by atoms with E-state index in [0.717, 1.165) is 12.8 Å². The van der Waals surface area contributed by atoms with Gasteiger partial charge < -0.3 is 9.11 Å².